The predicted molar refractivity (Wildman–Crippen MR) is 197 cm³/mol. The minimum absolute atomic E-state index is 0.649. The summed E-state index contributed by atoms with van der Waals surface area (Å²) in [5.41, 5.74) is 10.6. The van der Waals surface area contributed by atoms with E-state index in [2.05, 4.69) is 174 Å². The fraction of sp³-hybridized carbons (Fsp3) is 0. The van der Waals surface area contributed by atoms with Crippen LogP contribution >= 0.6 is 0 Å². The molecule has 0 radical (unpaired) electrons. The number of hydrogen-bond donors (Lipinski definition) is 0. The van der Waals surface area contributed by atoms with E-state index in [9.17, 15) is 5.26 Å². The normalized spacial score (nSPS) is 11.4. The number of para-hydroxylation sites is 2. The minimum Gasteiger partial charge on any atom is -0.309 e. The molecule has 0 spiro atoms. The van der Waals surface area contributed by atoms with Gasteiger partial charge in [0, 0.05) is 16.5 Å². The van der Waals surface area contributed by atoms with Crippen molar-refractivity contribution < 1.29 is 0 Å². The summed E-state index contributed by atoms with van der Waals surface area (Å²) in [5, 5.41) is 17.8. The van der Waals surface area contributed by atoms with Crippen molar-refractivity contribution in [2.75, 3.05) is 0 Å². The average molecular weight is 597 g/mol. The third-order valence-electron chi connectivity index (χ3n) is 9.42. The molecule has 0 aliphatic carbocycles. The number of fused-ring (bicyclic) bond motifs is 5. The average Bonchev–Trinajstić information content (AvgIpc) is 3.48. The smallest absolute Gasteiger partial charge is 0.0998 e. The van der Waals surface area contributed by atoms with Gasteiger partial charge in [0.25, 0.3) is 0 Å². The quantitative estimate of drug-likeness (QED) is 0.186. The van der Waals surface area contributed by atoms with Gasteiger partial charge in [0.1, 0.15) is 0 Å². The third-order valence-corrected chi connectivity index (χ3v) is 9.42. The van der Waals surface area contributed by atoms with Crippen LogP contribution in [0.25, 0.3) is 82.4 Å². The lowest BCUT2D eigenvalue weighted by atomic mass is 9.85. The van der Waals surface area contributed by atoms with Gasteiger partial charge in [-0.2, -0.15) is 5.26 Å². The molecule has 0 aliphatic heterocycles. The Bertz CT molecular complexity index is 2580. The van der Waals surface area contributed by atoms with Gasteiger partial charge in [-0.3, -0.25) is 0 Å². The molecule has 0 bridgehead atoms. The standard InChI is InChI=1S/C45H28N2/c46-29-33-28-34(47-42-23-10-8-17-36(42)37-18-9-11-24-43(37)47)25-26-35(33)31-15-12-16-32(27-31)45-40-21-6-4-19-38(40)44(30-13-2-1-3-14-30)39-20-5-7-22-41(39)45/h1-28H. The van der Waals surface area contributed by atoms with Crippen molar-refractivity contribution in [2.45, 2.75) is 0 Å². The second-order valence-electron chi connectivity index (χ2n) is 12.0. The Balaban J connectivity index is 1.23. The lowest BCUT2D eigenvalue weighted by Gasteiger charge is -2.18. The summed E-state index contributed by atoms with van der Waals surface area (Å²) in [6.45, 7) is 0. The van der Waals surface area contributed by atoms with Gasteiger partial charge in [-0.1, -0.05) is 140 Å². The lowest BCUT2D eigenvalue weighted by molar-refractivity contribution is 1.18. The van der Waals surface area contributed by atoms with Crippen molar-refractivity contribution in [3.8, 4) is 45.1 Å². The van der Waals surface area contributed by atoms with Gasteiger partial charge in [-0.15, -0.1) is 0 Å². The number of aromatic nitrogens is 1. The maximum absolute atomic E-state index is 10.5. The Labute approximate surface area is 273 Å². The topological polar surface area (TPSA) is 28.7 Å². The van der Waals surface area contributed by atoms with Crippen molar-refractivity contribution in [3.05, 3.63) is 175 Å². The van der Waals surface area contributed by atoms with E-state index >= 15 is 0 Å². The van der Waals surface area contributed by atoms with Crippen LogP contribution in [0.4, 0.5) is 0 Å². The fourth-order valence-electron chi connectivity index (χ4n) is 7.41. The van der Waals surface area contributed by atoms with E-state index in [4.69, 9.17) is 0 Å². The second-order valence-corrected chi connectivity index (χ2v) is 12.0. The second kappa shape index (κ2) is 10.9. The zero-order valence-electron chi connectivity index (χ0n) is 25.6. The molecular formula is C45H28N2. The van der Waals surface area contributed by atoms with E-state index in [0.29, 0.717) is 5.56 Å². The van der Waals surface area contributed by atoms with E-state index in [-0.39, 0.29) is 0 Å². The molecule has 0 saturated carbocycles. The maximum Gasteiger partial charge on any atom is 0.0998 e. The molecule has 8 aromatic carbocycles. The van der Waals surface area contributed by atoms with Crippen LogP contribution in [-0.4, -0.2) is 4.57 Å². The third kappa shape index (κ3) is 4.26. The van der Waals surface area contributed by atoms with E-state index < -0.39 is 0 Å². The fourth-order valence-corrected chi connectivity index (χ4v) is 7.41. The summed E-state index contributed by atoms with van der Waals surface area (Å²) in [6.07, 6.45) is 0. The highest BCUT2D eigenvalue weighted by Crippen LogP contribution is 2.44. The molecule has 0 saturated heterocycles. The molecule has 2 nitrogen and oxygen atoms in total. The SMILES string of the molecule is N#Cc1cc(-n2c3ccccc3c3ccccc32)ccc1-c1cccc(-c2c3ccccc3c(-c3ccccc3)c3ccccc23)c1. The van der Waals surface area contributed by atoms with Crippen LogP contribution < -0.4 is 0 Å². The molecule has 9 aromatic rings. The number of rotatable bonds is 4. The Kier molecular flexibility index (Phi) is 6.23. The van der Waals surface area contributed by atoms with Crippen molar-refractivity contribution in [1.29, 1.82) is 5.26 Å². The first-order valence-electron chi connectivity index (χ1n) is 15.9. The van der Waals surface area contributed by atoms with Gasteiger partial charge in [-0.05, 0) is 85.3 Å². The highest BCUT2D eigenvalue weighted by molar-refractivity contribution is 6.21. The number of benzene rings is 8. The van der Waals surface area contributed by atoms with E-state index in [1.165, 1.54) is 49.0 Å². The molecule has 0 fully saturated rings. The molecule has 0 aliphatic rings. The molecule has 47 heavy (non-hydrogen) atoms. The number of nitriles is 1. The first-order valence-corrected chi connectivity index (χ1v) is 15.9. The highest BCUT2D eigenvalue weighted by atomic mass is 15.0. The van der Waals surface area contributed by atoms with Crippen molar-refractivity contribution in [3.63, 3.8) is 0 Å². The monoisotopic (exact) mass is 596 g/mol. The highest BCUT2D eigenvalue weighted by Gasteiger charge is 2.18. The van der Waals surface area contributed by atoms with Gasteiger partial charge in [0.05, 0.1) is 22.7 Å². The van der Waals surface area contributed by atoms with Crippen LogP contribution in [-0.2, 0) is 0 Å². The summed E-state index contributed by atoms with van der Waals surface area (Å²) in [4.78, 5) is 0. The van der Waals surface area contributed by atoms with E-state index in [0.717, 1.165) is 33.4 Å². The maximum atomic E-state index is 10.5. The van der Waals surface area contributed by atoms with Crippen molar-refractivity contribution >= 4 is 43.4 Å². The van der Waals surface area contributed by atoms with Gasteiger partial charge in [-0.25, -0.2) is 0 Å². The first kappa shape index (κ1) is 26.9. The Morgan fingerprint density at radius 2 is 0.851 bits per heavy atom. The van der Waals surface area contributed by atoms with Crippen LogP contribution in [0.3, 0.4) is 0 Å². The molecule has 9 rings (SSSR count). The van der Waals surface area contributed by atoms with Crippen LogP contribution in [0.1, 0.15) is 5.56 Å². The number of hydrogen-bond acceptors (Lipinski definition) is 1. The van der Waals surface area contributed by atoms with Crippen molar-refractivity contribution in [2.24, 2.45) is 0 Å². The summed E-state index contributed by atoms with van der Waals surface area (Å²) in [5.74, 6) is 0. The molecular weight excluding hydrogens is 569 g/mol. The Morgan fingerprint density at radius 3 is 1.43 bits per heavy atom. The van der Waals surface area contributed by atoms with Gasteiger partial charge >= 0.3 is 0 Å². The van der Waals surface area contributed by atoms with Crippen LogP contribution in [0.5, 0.6) is 0 Å². The molecule has 218 valence electrons. The predicted octanol–water partition coefficient (Wildman–Crippen LogP) is 12.0. The molecule has 0 N–H and O–H groups in total. The van der Waals surface area contributed by atoms with E-state index in [1.54, 1.807) is 0 Å². The first-order chi connectivity index (χ1) is 23.3. The largest absolute Gasteiger partial charge is 0.309 e. The summed E-state index contributed by atoms with van der Waals surface area (Å²) < 4.78 is 2.26. The zero-order chi connectivity index (χ0) is 31.3. The number of nitrogens with zero attached hydrogens (tertiary/aromatic N) is 2. The summed E-state index contributed by atoms with van der Waals surface area (Å²) >= 11 is 0. The van der Waals surface area contributed by atoms with Gasteiger partial charge < -0.3 is 4.57 Å². The van der Waals surface area contributed by atoms with Gasteiger partial charge in [0.2, 0.25) is 0 Å². The van der Waals surface area contributed by atoms with Crippen LogP contribution in [0.15, 0.2) is 170 Å². The molecule has 1 aromatic heterocycles. The summed E-state index contributed by atoms with van der Waals surface area (Å²) in [6, 6.07) is 62.5. The lowest BCUT2D eigenvalue weighted by Crippen LogP contribution is -1.96. The summed E-state index contributed by atoms with van der Waals surface area (Å²) in [7, 11) is 0. The zero-order valence-corrected chi connectivity index (χ0v) is 25.6. The van der Waals surface area contributed by atoms with Crippen molar-refractivity contribution in [1.82, 2.24) is 4.57 Å². The van der Waals surface area contributed by atoms with Crippen LogP contribution in [0.2, 0.25) is 0 Å². The van der Waals surface area contributed by atoms with E-state index in [1.807, 2.05) is 6.07 Å². The molecule has 0 atom stereocenters. The Morgan fingerprint density at radius 1 is 0.383 bits per heavy atom. The molecule has 0 unspecified atom stereocenters. The molecule has 2 heteroatoms. The molecule has 1 heterocycles. The van der Waals surface area contributed by atoms with Gasteiger partial charge in [0.15, 0.2) is 0 Å². The Hall–Kier alpha value is -6.43. The van der Waals surface area contributed by atoms with Crippen LogP contribution in [0, 0.1) is 11.3 Å². The minimum atomic E-state index is 0.649. The molecule has 0 amide bonds.